The van der Waals surface area contributed by atoms with Gasteiger partial charge in [0.25, 0.3) is 0 Å². The van der Waals surface area contributed by atoms with Crippen LogP contribution in [0.15, 0.2) is 200 Å². The summed E-state index contributed by atoms with van der Waals surface area (Å²) in [6.45, 7) is 2.15. The Kier molecular flexibility index (Phi) is 8.69. The van der Waals surface area contributed by atoms with Crippen molar-refractivity contribution in [2.45, 2.75) is 6.92 Å². The molecule has 0 unspecified atom stereocenters. The molecule has 0 saturated carbocycles. The maximum Gasteiger partial charge on any atom is 0.160 e. The molecular formula is C53H36N4. The van der Waals surface area contributed by atoms with Gasteiger partial charge in [0, 0.05) is 38.6 Å². The zero-order chi connectivity index (χ0) is 38.1. The van der Waals surface area contributed by atoms with Gasteiger partial charge in [0.1, 0.15) is 0 Å². The summed E-state index contributed by atoms with van der Waals surface area (Å²) in [4.78, 5) is 20.5. The van der Waals surface area contributed by atoms with Crippen LogP contribution in [0.25, 0.3) is 100 Å². The molecule has 7 aromatic carbocycles. The molecule has 0 fully saturated rings. The summed E-state index contributed by atoms with van der Waals surface area (Å²) >= 11 is 0. The predicted octanol–water partition coefficient (Wildman–Crippen LogP) is 13.6. The van der Waals surface area contributed by atoms with Crippen molar-refractivity contribution >= 4 is 21.8 Å². The average Bonchev–Trinajstić information content (AvgIpc) is 3.29. The zero-order valence-corrected chi connectivity index (χ0v) is 31.3. The third-order valence-electron chi connectivity index (χ3n) is 10.6. The summed E-state index contributed by atoms with van der Waals surface area (Å²) in [5.41, 5.74) is 16.4. The van der Waals surface area contributed by atoms with E-state index in [-0.39, 0.29) is 0 Å². The molecule has 0 aliphatic heterocycles. The fraction of sp³-hybridized carbons (Fsp3) is 0.0189. The van der Waals surface area contributed by atoms with Gasteiger partial charge in [-0.15, -0.1) is 0 Å². The number of rotatable bonds is 7. The summed E-state index contributed by atoms with van der Waals surface area (Å²) in [6.07, 6.45) is 0. The lowest BCUT2D eigenvalue weighted by molar-refractivity contribution is 1.18. The molecule has 10 aromatic rings. The van der Waals surface area contributed by atoms with Gasteiger partial charge in [-0.1, -0.05) is 176 Å². The number of nitrogens with zero attached hydrogens (tertiary/aromatic N) is 4. The fourth-order valence-electron chi connectivity index (χ4n) is 7.57. The Bertz CT molecular complexity index is 3030. The molecule has 0 bridgehead atoms. The summed E-state index contributed by atoms with van der Waals surface area (Å²) in [7, 11) is 0. The largest absolute Gasteiger partial charge is 0.245 e. The van der Waals surface area contributed by atoms with Crippen molar-refractivity contribution in [2.75, 3.05) is 0 Å². The Morgan fingerprint density at radius 1 is 0.281 bits per heavy atom. The van der Waals surface area contributed by atoms with Gasteiger partial charge in [-0.2, -0.15) is 0 Å². The lowest BCUT2D eigenvalue weighted by Crippen LogP contribution is -1.96. The van der Waals surface area contributed by atoms with E-state index in [0.29, 0.717) is 5.82 Å². The lowest BCUT2D eigenvalue weighted by atomic mass is 9.98. The molecule has 0 atom stereocenters. The molecule has 268 valence electrons. The van der Waals surface area contributed by atoms with E-state index in [2.05, 4.69) is 177 Å². The summed E-state index contributed by atoms with van der Waals surface area (Å²) in [5.74, 6) is 0.697. The van der Waals surface area contributed by atoms with Gasteiger partial charge in [0.15, 0.2) is 5.82 Å². The first-order valence-corrected chi connectivity index (χ1v) is 19.2. The zero-order valence-electron chi connectivity index (χ0n) is 31.3. The van der Waals surface area contributed by atoms with Crippen molar-refractivity contribution in [3.63, 3.8) is 0 Å². The molecule has 0 aliphatic carbocycles. The van der Waals surface area contributed by atoms with Crippen LogP contribution >= 0.6 is 0 Å². The normalized spacial score (nSPS) is 11.2. The van der Waals surface area contributed by atoms with E-state index in [1.807, 2.05) is 30.3 Å². The first kappa shape index (κ1) is 34.0. The molecule has 10 rings (SSSR count). The molecule has 0 radical (unpaired) electrons. The van der Waals surface area contributed by atoms with Crippen LogP contribution in [0, 0.1) is 6.92 Å². The molecule has 0 aliphatic rings. The predicted molar refractivity (Wildman–Crippen MR) is 235 cm³/mol. The molecule has 4 heteroatoms. The molecule has 3 heterocycles. The third-order valence-corrected chi connectivity index (χ3v) is 10.6. The van der Waals surface area contributed by atoms with Crippen LogP contribution < -0.4 is 0 Å². The van der Waals surface area contributed by atoms with Gasteiger partial charge in [-0.25, -0.2) is 19.9 Å². The molecule has 57 heavy (non-hydrogen) atoms. The Morgan fingerprint density at radius 2 is 0.737 bits per heavy atom. The first-order valence-electron chi connectivity index (χ1n) is 19.2. The van der Waals surface area contributed by atoms with Crippen LogP contribution in [0.3, 0.4) is 0 Å². The average molecular weight is 729 g/mol. The molecule has 0 spiro atoms. The number of benzene rings is 7. The van der Waals surface area contributed by atoms with E-state index in [9.17, 15) is 0 Å². The lowest BCUT2D eigenvalue weighted by Gasteiger charge is -2.12. The summed E-state index contributed by atoms with van der Waals surface area (Å²) < 4.78 is 0. The van der Waals surface area contributed by atoms with Crippen molar-refractivity contribution in [3.05, 3.63) is 206 Å². The molecule has 0 saturated heterocycles. The summed E-state index contributed by atoms with van der Waals surface area (Å²) in [5, 5.41) is 2.19. The smallest absolute Gasteiger partial charge is 0.160 e. The Labute approximate surface area is 331 Å². The quantitative estimate of drug-likeness (QED) is 0.153. The second-order valence-corrected chi connectivity index (χ2v) is 14.3. The van der Waals surface area contributed by atoms with Gasteiger partial charge in [0.05, 0.1) is 33.8 Å². The van der Waals surface area contributed by atoms with Gasteiger partial charge in [0.2, 0.25) is 0 Å². The van der Waals surface area contributed by atoms with Gasteiger partial charge >= 0.3 is 0 Å². The highest BCUT2D eigenvalue weighted by Gasteiger charge is 2.14. The van der Waals surface area contributed by atoms with Gasteiger partial charge < -0.3 is 0 Å². The van der Waals surface area contributed by atoms with E-state index >= 15 is 0 Å². The molecule has 0 N–H and O–H groups in total. The molecule has 0 amide bonds. The summed E-state index contributed by atoms with van der Waals surface area (Å²) in [6, 6.07) is 69.7. The van der Waals surface area contributed by atoms with Crippen LogP contribution in [-0.4, -0.2) is 19.9 Å². The second kappa shape index (κ2) is 14.6. The highest BCUT2D eigenvalue weighted by molar-refractivity contribution is 6.05. The standard InChI is InChI=1S/C53H36N4/c1-35-32-48(39-14-7-3-8-15-39)55-52-46(35)30-28-42-29-31-47(54-51(42)52)40-24-22-38(23-25-40)44-18-11-19-45(33-44)50-34-49(56-53(57-50)43-16-9-4-10-17-43)41-26-20-37(21-27-41)36-12-5-2-6-13-36/h2-34H,1H3. The Balaban J connectivity index is 0.987. The first-order chi connectivity index (χ1) is 28.1. The van der Waals surface area contributed by atoms with Crippen LogP contribution in [0.5, 0.6) is 0 Å². The SMILES string of the molecule is Cc1cc(-c2ccccc2)nc2c1ccc1ccc(-c3ccc(-c4cccc(-c5cc(-c6ccc(-c7ccccc7)cc6)nc(-c6ccccc6)n5)c4)cc3)nc12. The Hall–Kier alpha value is -7.56. The van der Waals surface area contributed by atoms with Crippen LogP contribution in [-0.2, 0) is 0 Å². The van der Waals surface area contributed by atoms with Crippen LogP contribution in [0.2, 0.25) is 0 Å². The molecule has 4 nitrogen and oxygen atoms in total. The van der Waals surface area contributed by atoms with Crippen LogP contribution in [0.1, 0.15) is 5.56 Å². The van der Waals surface area contributed by atoms with E-state index in [0.717, 1.165) is 83.5 Å². The van der Waals surface area contributed by atoms with E-state index in [4.69, 9.17) is 19.9 Å². The third kappa shape index (κ3) is 6.75. The minimum atomic E-state index is 0.697. The van der Waals surface area contributed by atoms with Gasteiger partial charge in [-0.3, -0.25) is 0 Å². The minimum Gasteiger partial charge on any atom is -0.245 e. The van der Waals surface area contributed by atoms with Crippen LogP contribution in [0.4, 0.5) is 0 Å². The van der Waals surface area contributed by atoms with E-state index in [1.54, 1.807) is 0 Å². The highest BCUT2D eigenvalue weighted by Crippen LogP contribution is 2.34. The number of aromatic nitrogens is 4. The van der Waals surface area contributed by atoms with E-state index in [1.165, 1.54) is 16.7 Å². The van der Waals surface area contributed by atoms with Crippen molar-refractivity contribution in [3.8, 4) is 78.7 Å². The van der Waals surface area contributed by atoms with Crippen molar-refractivity contribution in [1.82, 2.24) is 19.9 Å². The second-order valence-electron chi connectivity index (χ2n) is 14.3. The number of fused-ring (bicyclic) bond motifs is 3. The number of aryl methyl sites for hydroxylation is 1. The monoisotopic (exact) mass is 728 g/mol. The topological polar surface area (TPSA) is 51.6 Å². The fourth-order valence-corrected chi connectivity index (χ4v) is 7.57. The maximum absolute atomic E-state index is 5.22. The minimum absolute atomic E-state index is 0.697. The Morgan fingerprint density at radius 3 is 1.42 bits per heavy atom. The number of pyridine rings is 2. The number of hydrogen-bond acceptors (Lipinski definition) is 4. The van der Waals surface area contributed by atoms with Crippen molar-refractivity contribution in [1.29, 1.82) is 0 Å². The van der Waals surface area contributed by atoms with Gasteiger partial charge in [-0.05, 0) is 59.0 Å². The maximum atomic E-state index is 5.22. The highest BCUT2D eigenvalue weighted by atomic mass is 14.9. The number of hydrogen-bond donors (Lipinski definition) is 0. The molecule has 3 aromatic heterocycles. The van der Waals surface area contributed by atoms with E-state index < -0.39 is 0 Å². The van der Waals surface area contributed by atoms with Crippen molar-refractivity contribution in [2.24, 2.45) is 0 Å². The molecular weight excluding hydrogens is 693 g/mol. The van der Waals surface area contributed by atoms with Crippen molar-refractivity contribution < 1.29 is 0 Å².